The quantitative estimate of drug-likeness (QED) is 0.328. The molecule has 0 bridgehead atoms. The second-order valence-corrected chi connectivity index (χ2v) is 5.93. The highest BCUT2D eigenvalue weighted by Crippen LogP contribution is 2.28. The van der Waals surface area contributed by atoms with Gasteiger partial charge in [-0.2, -0.15) is 5.10 Å². The lowest BCUT2D eigenvalue weighted by Crippen LogP contribution is -2.33. The summed E-state index contributed by atoms with van der Waals surface area (Å²) in [5.41, 5.74) is 2.02. The van der Waals surface area contributed by atoms with E-state index in [2.05, 4.69) is 16.3 Å². The van der Waals surface area contributed by atoms with Crippen LogP contribution in [0, 0.1) is 12.3 Å². The van der Waals surface area contributed by atoms with Crippen molar-refractivity contribution in [1.82, 2.24) is 10.3 Å². The Hall–Kier alpha value is -3.04. The number of hydrogen-bond acceptors (Lipinski definition) is 4. The van der Waals surface area contributed by atoms with Crippen LogP contribution in [-0.2, 0) is 6.54 Å². The van der Waals surface area contributed by atoms with E-state index in [1.165, 1.54) is 0 Å². The third-order valence-electron chi connectivity index (χ3n) is 3.54. The summed E-state index contributed by atoms with van der Waals surface area (Å²) < 4.78 is 11.1. The lowest BCUT2D eigenvalue weighted by Gasteiger charge is -2.16. The summed E-state index contributed by atoms with van der Waals surface area (Å²) in [4.78, 5) is 0. The fraction of sp³-hybridized carbons (Fsp3) is 0.238. The molecule has 2 aromatic rings. The number of nitrogens with one attached hydrogen (secondary N) is 1. The largest absolute Gasteiger partial charge is 0.490 e. The zero-order valence-electron chi connectivity index (χ0n) is 15.5. The maximum atomic E-state index is 5.61. The number of ether oxygens (including phenoxy) is 2. The first-order chi connectivity index (χ1) is 13.1. The molecule has 0 saturated heterocycles. The molecule has 0 unspecified atom stereocenters. The van der Waals surface area contributed by atoms with Crippen molar-refractivity contribution in [2.24, 2.45) is 5.10 Å². The summed E-state index contributed by atoms with van der Waals surface area (Å²) in [5, 5.41) is 9.70. The molecule has 0 aliphatic heterocycles. The summed E-state index contributed by atoms with van der Waals surface area (Å²) in [6.45, 7) is 3.28. The van der Waals surface area contributed by atoms with E-state index >= 15 is 0 Å². The van der Waals surface area contributed by atoms with Crippen LogP contribution in [0.15, 0.2) is 53.6 Å². The number of hydrazone groups is 1. The Morgan fingerprint density at radius 2 is 2.00 bits per heavy atom. The van der Waals surface area contributed by atoms with Crippen LogP contribution in [0.5, 0.6) is 11.5 Å². The van der Waals surface area contributed by atoms with Crippen molar-refractivity contribution >= 4 is 23.5 Å². The van der Waals surface area contributed by atoms with E-state index in [1.807, 2.05) is 55.5 Å². The molecule has 0 aliphatic rings. The van der Waals surface area contributed by atoms with E-state index in [4.69, 9.17) is 28.1 Å². The molecule has 0 heterocycles. The SMILES string of the molecule is C#CCOc1ccc(/C=N\N(C)C(=S)NCc2ccccc2)cc1OCC. The van der Waals surface area contributed by atoms with E-state index in [9.17, 15) is 0 Å². The molecule has 2 aromatic carbocycles. The number of hydrogen-bond donors (Lipinski definition) is 1. The van der Waals surface area contributed by atoms with Gasteiger partial charge in [-0.1, -0.05) is 36.3 Å². The van der Waals surface area contributed by atoms with Gasteiger partial charge in [0.05, 0.1) is 12.8 Å². The Morgan fingerprint density at radius 1 is 1.22 bits per heavy atom. The fourth-order valence-corrected chi connectivity index (χ4v) is 2.32. The maximum absolute atomic E-state index is 5.61. The molecule has 6 heteroatoms. The van der Waals surface area contributed by atoms with Crippen LogP contribution in [0.4, 0.5) is 0 Å². The highest BCUT2D eigenvalue weighted by atomic mass is 32.1. The minimum atomic E-state index is 0.192. The van der Waals surface area contributed by atoms with Crippen molar-refractivity contribution in [2.45, 2.75) is 13.5 Å². The Kier molecular flexibility index (Phi) is 8.14. The molecule has 0 aliphatic carbocycles. The van der Waals surface area contributed by atoms with Crippen LogP contribution < -0.4 is 14.8 Å². The minimum absolute atomic E-state index is 0.192. The first-order valence-corrected chi connectivity index (χ1v) is 8.97. The first-order valence-electron chi connectivity index (χ1n) is 8.56. The monoisotopic (exact) mass is 381 g/mol. The fourth-order valence-electron chi connectivity index (χ4n) is 2.21. The summed E-state index contributed by atoms with van der Waals surface area (Å²) >= 11 is 5.36. The van der Waals surface area contributed by atoms with Crippen LogP contribution >= 0.6 is 12.2 Å². The number of rotatable bonds is 8. The second-order valence-electron chi connectivity index (χ2n) is 5.54. The van der Waals surface area contributed by atoms with Crippen molar-refractivity contribution in [3.05, 3.63) is 59.7 Å². The first kappa shape index (κ1) is 20.3. The van der Waals surface area contributed by atoms with Crippen molar-refractivity contribution in [1.29, 1.82) is 0 Å². The van der Waals surface area contributed by atoms with Gasteiger partial charge in [-0.15, -0.1) is 6.42 Å². The molecule has 0 aromatic heterocycles. The standard InChI is InChI=1S/C21H23N3O2S/c1-4-13-26-19-12-11-18(14-20(19)25-5-2)16-23-24(3)21(27)22-15-17-9-7-6-8-10-17/h1,6-12,14,16H,5,13,15H2,2-3H3,(H,22,27)/b23-16-. The molecular formula is C21H23N3O2S. The average Bonchev–Trinajstić information content (AvgIpc) is 2.70. The Bertz CT molecular complexity index is 816. The molecule has 2 rings (SSSR count). The Balaban J connectivity index is 1.97. The Labute approximate surface area is 166 Å². The van der Waals surface area contributed by atoms with Crippen LogP contribution in [0.2, 0.25) is 0 Å². The summed E-state index contributed by atoms with van der Waals surface area (Å²) in [6.07, 6.45) is 6.95. The molecule has 5 nitrogen and oxygen atoms in total. The third kappa shape index (κ3) is 6.65. The Morgan fingerprint density at radius 3 is 2.70 bits per heavy atom. The van der Waals surface area contributed by atoms with Crippen molar-refractivity contribution in [2.75, 3.05) is 20.3 Å². The molecule has 0 atom stereocenters. The van der Waals surface area contributed by atoms with E-state index in [1.54, 1.807) is 18.3 Å². The van der Waals surface area contributed by atoms with Crippen molar-refractivity contribution in [3.8, 4) is 23.8 Å². The molecule has 0 fully saturated rings. The molecule has 0 saturated carbocycles. The molecule has 0 amide bonds. The van der Waals surface area contributed by atoms with Crippen LogP contribution in [0.1, 0.15) is 18.1 Å². The van der Waals surface area contributed by atoms with Gasteiger partial charge in [0.2, 0.25) is 0 Å². The molecule has 1 N–H and O–H groups in total. The molecule has 140 valence electrons. The van der Waals surface area contributed by atoms with Gasteiger partial charge in [0.1, 0.15) is 6.61 Å². The number of benzene rings is 2. The number of nitrogens with zero attached hydrogens (tertiary/aromatic N) is 2. The van der Waals surface area contributed by atoms with Crippen molar-refractivity contribution < 1.29 is 9.47 Å². The maximum Gasteiger partial charge on any atom is 0.189 e. The lowest BCUT2D eigenvalue weighted by molar-refractivity contribution is 0.299. The topological polar surface area (TPSA) is 46.1 Å². The summed E-state index contributed by atoms with van der Waals surface area (Å²) in [7, 11) is 1.80. The van der Waals surface area contributed by atoms with Gasteiger partial charge < -0.3 is 14.8 Å². The number of terminal acetylenes is 1. The van der Waals surface area contributed by atoms with Crippen molar-refractivity contribution in [3.63, 3.8) is 0 Å². The molecule has 0 radical (unpaired) electrons. The summed E-state index contributed by atoms with van der Waals surface area (Å²) in [5.74, 6) is 3.68. The van der Waals surface area contributed by atoms with E-state index < -0.39 is 0 Å². The van der Waals surface area contributed by atoms with Gasteiger partial charge in [-0.3, -0.25) is 0 Å². The molecule has 0 spiro atoms. The third-order valence-corrected chi connectivity index (χ3v) is 3.95. The van der Waals surface area contributed by atoms with Gasteiger partial charge in [0.15, 0.2) is 16.6 Å². The molecular weight excluding hydrogens is 358 g/mol. The minimum Gasteiger partial charge on any atom is -0.490 e. The van der Waals surface area contributed by atoms with Gasteiger partial charge in [-0.25, -0.2) is 5.01 Å². The lowest BCUT2D eigenvalue weighted by atomic mass is 10.2. The average molecular weight is 382 g/mol. The van der Waals surface area contributed by atoms with Crippen LogP contribution in [0.3, 0.4) is 0 Å². The number of thiocarbonyl (C=S) groups is 1. The predicted octanol–water partition coefficient (Wildman–Crippen LogP) is 3.44. The van der Waals surface area contributed by atoms with Gasteiger partial charge >= 0.3 is 0 Å². The van der Waals surface area contributed by atoms with E-state index in [-0.39, 0.29) is 6.61 Å². The highest BCUT2D eigenvalue weighted by Gasteiger charge is 2.06. The van der Waals surface area contributed by atoms with Crippen LogP contribution in [0.25, 0.3) is 0 Å². The van der Waals surface area contributed by atoms with E-state index in [0.29, 0.717) is 29.8 Å². The zero-order valence-corrected chi connectivity index (χ0v) is 16.3. The van der Waals surface area contributed by atoms with Gasteiger partial charge in [-0.05, 0) is 48.5 Å². The van der Waals surface area contributed by atoms with Crippen LogP contribution in [-0.4, -0.2) is 36.6 Å². The smallest absolute Gasteiger partial charge is 0.189 e. The highest BCUT2D eigenvalue weighted by molar-refractivity contribution is 7.80. The predicted molar refractivity (Wildman–Crippen MR) is 113 cm³/mol. The second kappa shape index (κ2) is 10.8. The zero-order chi connectivity index (χ0) is 19.5. The van der Waals surface area contributed by atoms with Gasteiger partial charge in [0.25, 0.3) is 0 Å². The van der Waals surface area contributed by atoms with E-state index in [0.717, 1.165) is 11.1 Å². The molecule has 27 heavy (non-hydrogen) atoms. The van der Waals surface area contributed by atoms with Gasteiger partial charge in [0, 0.05) is 13.6 Å². The normalized spacial score (nSPS) is 10.3. The summed E-state index contributed by atoms with van der Waals surface area (Å²) in [6, 6.07) is 15.6.